The highest BCUT2D eigenvalue weighted by Crippen LogP contribution is 2.37. The maximum atomic E-state index is 4.36. The first-order valence-electron chi connectivity index (χ1n) is 6.98. The Morgan fingerprint density at radius 2 is 2.17 bits per heavy atom. The first-order valence-corrected chi connectivity index (χ1v) is 8.20. The van der Waals surface area contributed by atoms with Crippen LogP contribution in [0.15, 0.2) is 12.4 Å². The van der Waals surface area contributed by atoms with Gasteiger partial charge in [-0.1, -0.05) is 19.3 Å². The first kappa shape index (κ1) is 13.9. The Morgan fingerprint density at radius 1 is 1.39 bits per heavy atom. The van der Waals surface area contributed by atoms with Crippen LogP contribution in [0.4, 0.5) is 0 Å². The molecule has 0 amide bonds. The molecule has 1 aromatic rings. The molecule has 4 heteroatoms. The summed E-state index contributed by atoms with van der Waals surface area (Å²) in [6.07, 6.45) is 14.2. The van der Waals surface area contributed by atoms with Gasteiger partial charge in [0.05, 0.1) is 0 Å². The van der Waals surface area contributed by atoms with Crippen LogP contribution in [0.5, 0.6) is 0 Å². The molecular weight excluding hydrogens is 242 g/mol. The van der Waals surface area contributed by atoms with Gasteiger partial charge in [0.2, 0.25) is 0 Å². The molecule has 0 unspecified atom stereocenters. The van der Waals surface area contributed by atoms with Gasteiger partial charge in [-0.25, -0.2) is 4.98 Å². The molecule has 0 spiro atoms. The molecule has 1 heterocycles. The van der Waals surface area contributed by atoms with Gasteiger partial charge in [-0.05, 0) is 19.1 Å². The Kier molecular flexibility index (Phi) is 5.13. The van der Waals surface area contributed by atoms with Gasteiger partial charge in [0, 0.05) is 43.7 Å². The maximum absolute atomic E-state index is 4.36. The molecule has 0 aromatic carbocycles. The fourth-order valence-corrected chi connectivity index (χ4v) is 3.75. The number of nitrogens with zero attached hydrogens (tertiary/aromatic N) is 2. The number of hydrogen-bond donors (Lipinski definition) is 1. The summed E-state index contributed by atoms with van der Waals surface area (Å²) < 4.78 is 2.60. The molecule has 0 radical (unpaired) electrons. The molecule has 1 saturated carbocycles. The molecule has 1 aliphatic rings. The Balaban J connectivity index is 1.72. The number of aryl methyl sites for hydroxylation is 1. The largest absolute Gasteiger partial charge is 0.338 e. The van der Waals surface area contributed by atoms with E-state index in [1.54, 1.807) is 0 Å². The van der Waals surface area contributed by atoms with Crippen molar-refractivity contribution in [1.82, 2.24) is 14.9 Å². The van der Waals surface area contributed by atoms with Crippen LogP contribution in [0.3, 0.4) is 0 Å². The molecule has 102 valence electrons. The molecule has 18 heavy (non-hydrogen) atoms. The second-order valence-electron chi connectivity index (χ2n) is 5.33. The van der Waals surface area contributed by atoms with Crippen molar-refractivity contribution in [3.05, 3.63) is 18.2 Å². The number of nitrogens with one attached hydrogen (secondary N) is 1. The molecule has 3 nitrogen and oxygen atoms in total. The van der Waals surface area contributed by atoms with E-state index >= 15 is 0 Å². The third-order valence-corrected chi connectivity index (χ3v) is 5.51. The van der Waals surface area contributed by atoms with Crippen molar-refractivity contribution in [3.8, 4) is 0 Å². The normalized spacial score (nSPS) is 19.0. The number of aromatic nitrogens is 2. The molecular formula is C14H25N3S. The summed E-state index contributed by atoms with van der Waals surface area (Å²) in [5.74, 6) is 1.17. The van der Waals surface area contributed by atoms with E-state index in [0.717, 1.165) is 19.5 Å². The first-order chi connectivity index (χ1) is 8.76. The summed E-state index contributed by atoms with van der Waals surface area (Å²) in [7, 11) is 2.06. The van der Waals surface area contributed by atoms with Gasteiger partial charge in [0.25, 0.3) is 0 Å². The standard InChI is InChI=1S/C14H25N3S/c1-17-11-10-16-13(17)6-9-15-12-14(18-2)7-4-3-5-8-14/h10-11,15H,3-9,12H2,1-2H3. The van der Waals surface area contributed by atoms with Crippen LogP contribution in [-0.2, 0) is 13.5 Å². The van der Waals surface area contributed by atoms with Crippen molar-refractivity contribution < 1.29 is 0 Å². The smallest absolute Gasteiger partial charge is 0.109 e. The van der Waals surface area contributed by atoms with E-state index in [2.05, 4.69) is 39.9 Å². The van der Waals surface area contributed by atoms with Crippen molar-refractivity contribution in [2.24, 2.45) is 7.05 Å². The number of imidazole rings is 1. The van der Waals surface area contributed by atoms with Gasteiger partial charge in [-0.2, -0.15) is 11.8 Å². The van der Waals surface area contributed by atoms with Crippen LogP contribution in [0.25, 0.3) is 0 Å². The summed E-state index contributed by atoms with van der Waals surface area (Å²) in [6.45, 7) is 2.19. The molecule has 1 aliphatic carbocycles. The minimum Gasteiger partial charge on any atom is -0.338 e. The fourth-order valence-electron chi connectivity index (χ4n) is 2.80. The van der Waals surface area contributed by atoms with E-state index in [-0.39, 0.29) is 0 Å². The van der Waals surface area contributed by atoms with E-state index in [9.17, 15) is 0 Å². The number of thioether (sulfide) groups is 1. The quantitative estimate of drug-likeness (QED) is 0.804. The third-order valence-electron chi connectivity index (χ3n) is 4.09. The molecule has 1 aromatic heterocycles. The van der Waals surface area contributed by atoms with Crippen LogP contribution in [0, 0.1) is 0 Å². The zero-order valence-corrected chi connectivity index (χ0v) is 12.4. The van der Waals surface area contributed by atoms with Gasteiger partial charge in [-0.3, -0.25) is 0 Å². The van der Waals surface area contributed by atoms with Crippen molar-refractivity contribution in [3.63, 3.8) is 0 Å². The van der Waals surface area contributed by atoms with Gasteiger partial charge < -0.3 is 9.88 Å². The van der Waals surface area contributed by atoms with Crippen molar-refractivity contribution in [1.29, 1.82) is 0 Å². The summed E-state index contributed by atoms with van der Waals surface area (Å²) in [5, 5.41) is 3.64. The van der Waals surface area contributed by atoms with Crippen molar-refractivity contribution >= 4 is 11.8 Å². The van der Waals surface area contributed by atoms with E-state index in [0.29, 0.717) is 4.75 Å². The molecule has 0 bridgehead atoms. The maximum Gasteiger partial charge on any atom is 0.109 e. The number of rotatable bonds is 6. The lowest BCUT2D eigenvalue weighted by Crippen LogP contribution is -2.40. The zero-order valence-electron chi connectivity index (χ0n) is 11.6. The minimum absolute atomic E-state index is 0.500. The second kappa shape index (κ2) is 6.62. The lowest BCUT2D eigenvalue weighted by Gasteiger charge is -2.36. The SMILES string of the molecule is CSC1(CNCCc2nccn2C)CCCCC1. The van der Waals surface area contributed by atoms with Gasteiger partial charge >= 0.3 is 0 Å². The van der Waals surface area contributed by atoms with Crippen molar-refractivity contribution in [2.75, 3.05) is 19.3 Å². The average molecular weight is 267 g/mol. The molecule has 1 fully saturated rings. The summed E-state index contributed by atoms with van der Waals surface area (Å²) in [5.41, 5.74) is 0. The molecule has 1 N–H and O–H groups in total. The third kappa shape index (κ3) is 3.51. The Bertz CT molecular complexity index is 356. The average Bonchev–Trinajstić information content (AvgIpc) is 2.82. The van der Waals surface area contributed by atoms with Gasteiger partial charge in [0.15, 0.2) is 0 Å². The van der Waals surface area contributed by atoms with E-state index in [1.807, 2.05) is 12.4 Å². The Hall–Kier alpha value is -0.480. The lowest BCUT2D eigenvalue weighted by atomic mass is 9.88. The molecule has 0 atom stereocenters. The minimum atomic E-state index is 0.500. The summed E-state index contributed by atoms with van der Waals surface area (Å²) in [6, 6.07) is 0. The highest BCUT2D eigenvalue weighted by molar-refractivity contribution is 8.00. The fraction of sp³-hybridized carbons (Fsp3) is 0.786. The second-order valence-corrected chi connectivity index (χ2v) is 6.60. The Morgan fingerprint density at radius 3 is 2.78 bits per heavy atom. The van der Waals surface area contributed by atoms with Crippen LogP contribution in [0.2, 0.25) is 0 Å². The topological polar surface area (TPSA) is 29.9 Å². The van der Waals surface area contributed by atoms with Crippen LogP contribution >= 0.6 is 11.8 Å². The van der Waals surface area contributed by atoms with Crippen LogP contribution in [-0.4, -0.2) is 33.6 Å². The summed E-state index contributed by atoms with van der Waals surface area (Å²) in [4.78, 5) is 4.36. The predicted octanol–water partition coefficient (Wildman–Crippen LogP) is 2.62. The van der Waals surface area contributed by atoms with Crippen LogP contribution < -0.4 is 5.32 Å². The van der Waals surface area contributed by atoms with Crippen LogP contribution in [0.1, 0.15) is 37.9 Å². The van der Waals surface area contributed by atoms with Gasteiger partial charge in [-0.15, -0.1) is 0 Å². The lowest BCUT2D eigenvalue weighted by molar-refractivity contribution is 0.380. The summed E-state index contributed by atoms with van der Waals surface area (Å²) >= 11 is 2.06. The van der Waals surface area contributed by atoms with E-state index in [1.165, 1.54) is 37.9 Å². The Labute approximate surface area is 115 Å². The van der Waals surface area contributed by atoms with Crippen molar-refractivity contribution in [2.45, 2.75) is 43.3 Å². The highest BCUT2D eigenvalue weighted by Gasteiger charge is 2.30. The van der Waals surface area contributed by atoms with Gasteiger partial charge in [0.1, 0.15) is 5.82 Å². The monoisotopic (exact) mass is 267 g/mol. The number of hydrogen-bond acceptors (Lipinski definition) is 3. The predicted molar refractivity (Wildman–Crippen MR) is 79.1 cm³/mol. The van der Waals surface area contributed by atoms with E-state index < -0.39 is 0 Å². The molecule has 2 rings (SSSR count). The zero-order chi connectivity index (χ0) is 12.8. The van der Waals surface area contributed by atoms with E-state index in [4.69, 9.17) is 0 Å². The highest BCUT2D eigenvalue weighted by atomic mass is 32.2. The molecule has 0 saturated heterocycles. The molecule has 0 aliphatic heterocycles.